The van der Waals surface area contributed by atoms with E-state index in [1.165, 1.54) is 12.1 Å². The van der Waals surface area contributed by atoms with E-state index in [1.54, 1.807) is 17.8 Å². The van der Waals surface area contributed by atoms with Gasteiger partial charge in [0.2, 0.25) is 0 Å². The normalized spacial score (nSPS) is 9.89. The van der Waals surface area contributed by atoms with E-state index >= 15 is 0 Å². The second-order valence-corrected chi connectivity index (χ2v) is 4.69. The third-order valence-corrected chi connectivity index (χ3v) is 2.94. The highest BCUT2D eigenvalue weighted by atomic mass is 32.2. The SMILES string of the molecule is CSCCNC(=O)Nc1cc(C(=O)O)ccc1C. The molecule has 0 aliphatic carbocycles. The second kappa shape index (κ2) is 6.90. The summed E-state index contributed by atoms with van der Waals surface area (Å²) in [6.45, 7) is 2.38. The summed E-state index contributed by atoms with van der Waals surface area (Å²) in [5.41, 5.74) is 1.48. The van der Waals surface area contributed by atoms with Gasteiger partial charge in [-0.3, -0.25) is 0 Å². The first-order valence-corrected chi connectivity index (χ1v) is 6.81. The van der Waals surface area contributed by atoms with Crippen LogP contribution in [0.15, 0.2) is 18.2 Å². The number of hydrogen-bond donors (Lipinski definition) is 3. The minimum absolute atomic E-state index is 0.153. The number of thioether (sulfide) groups is 1. The van der Waals surface area contributed by atoms with Gasteiger partial charge in [-0.15, -0.1) is 0 Å². The Hall–Kier alpha value is -1.69. The first-order chi connectivity index (χ1) is 8.54. The van der Waals surface area contributed by atoms with Crippen molar-refractivity contribution in [2.45, 2.75) is 6.92 Å². The third-order valence-electron chi connectivity index (χ3n) is 2.32. The standard InChI is InChI=1S/C12H16N2O3S/c1-8-3-4-9(11(15)16)7-10(8)14-12(17)13-5-6-18-2/h3-4,7H,5-6H2,1-2H3,(H,15,16)(H2,13,14,17). The molecule has 0 unspecified atom stereocenters. The minimum atomic E-state index is -1.01. The molecule has 0 saturated heterocycles. The van der Waals surface area contributed by atoms with Gasteiger partial charge in [-0.2, -0.15) is 11.8 Å². The van der Waals surface area contributed by atoms with E-state index < -0.39 is 5.97 Å². The zero-order valence-corrected chi connectivity index (χ0v) is 11.1. The molecule has 2 amide bonds. The van der Waals surface area contributed by atoms with Gasteiger partial charge in [-0.05, 0) is 30.9 Å². The number of carbonyl (C=O) groups excluding carboxylic acids is 1. The number of benzene rings is 1. The van der Waals surface area contributed by atoms with E-state index in [2.05, 4.69) is 10.6 Å². The molecule has 6 heteroatoms. The number of amides is 2. The maximum Gasteiger partial charge on any atom is 0.335 e. The van der Waals surface area contributed by atoms with Crippen LogP contribution in [0, 0.1) is 6.92 Å². The number of carboxylic acids is 1. The molecule has 0 aromatic heterocycles. The van der Waals surface area contributed by atoms with Crippen LogP contribution in [0.5, 0.6) is 0 Å². The molecule has 0 radical (unpaired) electrons. The van der Waals surface area contributed by atoms with Gasteiger partial charge >= 0.3 is 12.0 Å². The molecule has 0 bridgehead atoms. The highest BCUT2D eigenvalue weighted by Crippen LogP contribution is 2.16. The van der Waals surface area contributed by atoms with Crippen molar-refractivity contribution in [1.29, 1.82) is 0 Å². The van der Waals surface area contributed by atoms with Crippen LogP contribution in [0.25, 0.3) is 0 Å². The van der Waals surface area contributed by atoms with Gasteiger partial charge in [0, 0.05) is 18.0 Å². The van der Waals surface area contributed by atoms with Crippen molar-refractivity contribution in [3.63, 3.8) is 0 Å². The predicted octanol–water partition coefficient (Wildman–Crippen LogP) is 2.18. The molecule has 0 aliphatic rings. The third kappa shape index (κ3) is 4.29. The fraction of sp³-hybridized carbons (Fsp3) is 0.333. The molecule has 0 saturated carbocycles. The number of hydrogen-bond acceptors (Lipinski definition) is 3. The molecule has 5 nitrogen and oxygen atoms in total. The lowest BCUT2D eigenvalue weighted by Gasteiger charge is -2.10. The lowest BCUT2D eigenvalue weighted by molar-refractivity contribution is 0.0697. The number of aryl methyl sites for hydroxylation is 1. The van der Waals surface area contributed by atoms with E-state index in [4.69, 9.17) is 5.11 Å². The van der Waals surface area contributed by atoms with Crippen LogP contribution in [-0.2, 0) is 0 Å². The highest BCUT2D eigenvalue weighted by Gasteiger charge is 2.08. The Morgan fingerprint density at radius 2 is 2.11 bits per heavy atom. The molecule has 0 heterocycles. The van der Waals surface area contributed by atoms with Crippen molar-refractivity contribution >= 4 is 29.4 Å². The Kier molecular flexibility index (Phi) is 5.51. The van der Waals surface area contributed by atoms with Crippen LogP contribution in [-0.4, -0.2) is 35.7 Å². The number of carbonyl (C=O) groups is 2. The van der Waals surface area contributed by atoms with Crippen molar-refractivity contribution < 1.29 is 14.7 Å². The molecule has 0 fully saturated rings. The molecule has 1 aromatic rings. The lowest BCUT2D eigenvalue weighted by Crippen LogP contribution is -2.30. The maximum atomic E-state index is 11.5. The Morgan fingerprint density at radius 1 is 1.39 bits per heavy atom. The summed E-state index contributed by atoms with van der Waals surface area (Å²) in [4.78, 5) is 22.4. The molecular formula is C12H16N2O3S. The van der Waals surface area contributed by atoms with Crippen molar-refractivity contribution in [3.05, 3.63) is 29.3 Å². The van der Waals surface area contributed by atoms with Crippen molar-refractivity contribution in [2.24, 2.45) is 0 Å². The Labute approximate surface area is 110 Å². The van der Waals surface area contributed by atoms with E-state index in [1.807, 2.05) is 13.2 Å². The Bertz CT molecular complexity index is 449. The monoisotopic (exact) mass is 268 g/mol. The topological polar surface area (TPSA) is 78.4 Å². The van der Waals surface area contributed by atoms with Gasteiger partial charge in [0.15, 0.2) is 0 Å². The second-order valence-electron chi connectivity index (χ2n) is 3.71. The average Bonchev–Trinajstić information content (AvgIpc) is 2.32. The number of anilines is 1. The number of urea groups is 1. The van der Waals surface area contributed by atoms with Crippen molar-refractivity contribution in [3.8, 4) is 0 Å². The largest absolute Gasteiger partial charge is 0.478 e. The molecule has 0 atom stereocenters. The summed E-state index contributed by atoms with van der Waals surface area (Å²) in [6, 6.07) is 4.30. The first kappa shape index (κ1) is 14.4. The molecule has 0 aliphatic heterocycles. The van der Waals surface area contributed by atoms with E-state index in [-0.39, 0.29) is 11.6 Å². The Balaban J connectivity index is 2.68. The van der Waals surface area contributed by atoms with Gasteiger partial charge < -0.3 is 15.7 Å². The van der Waals surface area contributed by atoms with E-state index in [0.29, 0.717) is 12.2 Å². The smallest absolute Gasteiger partial charge is 0.335 e. The summed E-state index contributed by atoms with van der Waals surface area (Å²) >= 11 is 1.64. The summed E-state index contributed by atoms with van der Waals surface area (Å²) in [5.74, 6) is -0.178. The lowest BCUT2D eigenvalue weighted by atomic mass is 10.1. The zero-order valence-electron chi connectivity index (χ0n) is 10.3. The molecule has 98 valence electrons. The van der Waals surface area contributed by atoms with Crippen molar-refractivity contribution in [1.82, 2.24) is 5.32 Å². The number of carboxylic acid groups (broad SMARTS) is 1. The number of aromatic carboxylic acids is 1. The molecule has 3 N–H and O–H groups in total. The van der Waals surface area contributed by atoms with Crippen LogP contribution in [0.1, 0.15) is 15.9 Å². The van der Waals surface area contributed by atoms with Crippen molar-refractivity contribution in [2.75, 3.05) is 23.9 Å². The zero-order chi connectivity index (χ0) is 13.5. The van der Waals surface area contributed by atoms with Crippen LogP contribution in [0.4, 0.5) is 10.5 Å². The molecule has 0 spiro atoms. The van der Waals surface area contributed by atoms with Crippen LogP contribution in [0.2, 0.25) is 0 Å². The van der Waals surface area contributed by atoms with Gasteiger partial charge in [-0.25, -0.2) is 9.59 Å². The van der Waals surface area contributed by atoms with E-state index in [0.717, 1.165) is 11.3 Å². The molecule has 18 heavy (non-hydrogen) atoms. The number of rotatable bonds is 5. The maximum absolute atomic E-state index is 11.5. The fourth-order valence-corrected chi connectivity index (χ4v) is 1.63. The van der Waals surface area contributed by atoms with Gasteiger partial charge in [0.1, 0.15) is 0 Å². The van der Waals surface area contributed by atoms with E-state index in [9.17, 15) is 9.59 Å². The Morgan fingerprint density at radius 3 is 2.72 bits per heavy atom. The number of nitrogens with one attached hydrogen (secondary N) is 2. The van der Waals surface area contributed by atoms with Crippen LogP contribution < -0.4 is 10.6 Å². The average molecular weight is 268 g/mol. The first-order valence-electron chi connectivity index (χ1n) is 5.42. The van der Waals surface area contributed by atoms with Gasteiger partial charge in [0.25, 0.3) is 0 Å². The molecule has 1 aromatic carbocycles. The van der Waals surface area contributed by atoms with Gasteiger partial charge in [-0.1, -0.05) is 6.07 Å². The summed E-state index contributed by atoms with van der Waals surface area (Å²) in [6.07, 6.45) is 1.96. The summed E-state index contributed by atoms with van der Waals surface area (Å²) in [7, 11) is 0. The van der Waals surface area contributed by atoms with Crippen LogP contribution in [0.3, 0.4) is 0 Å². The predicted molar refractivity (Wildman–Crippen MR) is 73.5 cm³/mol. The molecule has 1 rings (SSSR count). The quantitative estimate of drug-likeness (QED) is 0.715. The summed E-state index contributed by atoms with van der Waals surface area (Å²) < 4.78 is 0. The molecular weight excluding hydrogens is 252 g/mol. The minimum Gasteiger partial charge on any atom is -0.478 e. The summed E-state index contributed by atoms with van der Waals surface area (Å²) in [5, 5.41) is 14.2. The van der Waals surface area contributed by atoms with Gasteiger partial charge in [0.05, 0.1) is 5.56 Å². The fourth-order valence-electron chi connectivity index (χ4n) is 1.32. The highest BCUT2D eigenvalue weighted by molar-refractivity contribution is 7.98. The van der Waals surface area contributed by atoms with Crippen LogP contribution >= 0.6 is 11.8 Å².